The number of hydrogen-bond acceptors (Lipinski definition) is 5. The predicted octanol–water partition coefficient (Wildman–Crippen LogP) is 3.38. The first kappa shape index (κ1) is 18.4. The molecule has 146 valence electrons. The lowest BCUT2D eigenvalue weighted by Gasteiger charge is -2.09. The molecule has 0 saturated heterocycles. The molecule has 0 unspecified atom stereocenters. The van der Waals surface area contributed by atoms with Crippen molar-refractivity contribution in [2.75, 3.05) is 20.8 Å². The lowest BCUT2D eigenvalue weighted by atomic mass is 10.1. The molecule has 0 radical (unpaired) electrons. The highest BCUT2D eigenvalue weighted by atomic mass is 16.5. The number of nitrogens with zero attached hydrogens (tertiary/aromatic N) is 5. The van der Waals surface area contributed by atoms with E-state index in [9.17, 15) is 0 Å². The van der Waals surface area contributed by atoms with E-state index < -0.39 is 0 Å². The predicted molar refractivity (Wildman–Crippen MR) is 109 cm³/mol. The molecule has 0 fully saturated rings. The smallest absolute Gasteiger partial charge is 0.120 e. The molecule has 3 aromatic heterocycles. The van der Waals surface area contributed by atoms with E-state index in [1.54, 1.807) is 14.2 Å². The number of aryl methyl sites for hydroxylation is 3. The van der Waals surface area contributed by atoms with Crippen molar-refractivity contribution < 1.29 is 9.47 Å². The molecule has 0 amide bonds. The van der Waals surface area contributed by atoms with Crippen LogP contribution >= 0.6 is 0 Å². The third-order valence-electron chi connectivity index (χ3n) is 5.09. The summed E-state index contributed by atoms with van der Waals surface area (Å²) >= 11 is 0. The summed E-state index contributed by atoms with van der Waals surface area (Å²) in [6.45, 7) is 4.31. The maximum absolute atomic E-state index is 5.45. The first-order valence-corrected chi connectivity index (χ1v) is 9.50. The number of methoxy groups -OCH3 is 2. The average molecular weight is 379 g/mol. The van der Waals surface area contributed by atoms with Crippen molar-refractivity contribution in [3.8, 4) is 5.75 Å². The van der Waals surface area contributed by atoms with Gasteiger partial charge in [-0.05, 0) is 38.0 Å². The molecule has 0 N–H and O–H groups in total. The van der Waals surface area contributed by atoms with Gasteiger partial charge in [-0.1, -0.05) is 5.21 Å². The number of pyridine rings is 1. The van der Waals surface area contributed by atoms with E-state index in [-0.39, 0.29) is 0 Å². The second kappa shape index (κ2) is 7.98. The molecular formula is C21H25N5O2. The molecule has 3 heterocycles. The first-order chi connectivity index (χ1) is 13.7. The number of aromatic nitrogens is 5. The highest BCUT2D eigenvalue weighted by molar-refractivity contribution is 6.09. The molecule has 0 aliphatic rings. The fraction of sp³-hybridized carbons (Fsp3) is 0.381. The van der Waals surface area contributed by atoms with Gasteiger partial charge in [0.25, 0.3) is 0 Å². The molecule has 0 aliphatic carbocycles. The highest BCUT2D eigenvalue weighted by Gasteiger charge is 2.14. The molecular weight excluding hydrogens is 354 g/mol. The molecule has 4 aromatic rings. The quantitative estimate of drug-likeness (QED) is 0.469. The van der Waals surface area contributed by atoms with E-state index in [2.05, 4.69) is 45.0 Å². The van der Waals surface area contributed by atoms with Crippen molar-refractivity contribution >= 4 is 21.8 Å². The minimum Gasteiger partial charge on any atom is -0.497 e. The van der Waals surface area contributed by atoms with Crippen LogP contribution in [0.15, 0.2) is 36.7 Å². The maximum atomic E-state index is 5.45. The maximum Gasteiger partial charge on any atom is 0.120 e. The molecule has 7 nitrogen and oxygen atoms in total. The van der Waals surface area contributed by atoms with Crippen LogP contribution in [0.1, 0.15) is 17.8 Å². The molecule has 0 saturated carbocycles. The van der Waals surface area contributed by atoms with Gasteiger partial charge < -0.3 is 14.0 Å². The second-order valence-electron chi connectivity index (χ2n) is 6.90. The Labute approximate surface area is 163 Å². The Morgan fingerprint density at radius 1 is 1.07 bits per heavy atom. The fourth-order valence-corrected chi connectivity index (χ4v) is 3.72. The van der Waals surface area contributed by atoms with Crippen molar-refractivity contribution in [3.05, 3.63) is 48.0 Å². The van der Waals surface area contributed by atoms with Gasteiger partial charge in [-0.2, -0.15) is 0 Å². The lowest BCUT2D eigenvalue weighted by Crippen LogP contribution is -2.04. The highest BCUT2D eigenvalue weighted by Crippen LogP contribution is 2.32. The number of rotatable bonds is 8. The summed E-state index contributed by atoms with van der Waals surface area (Å²) in [5.41, 5.74) is 4.41. The van der Waals surface area contributed by atoms with Crippen LogP contribution in [0.5, 0.6) is 5.75 Å². The summed E-state index contributed by atoms with van der Waals surface area (Å²) in [6, 6.07) is 8.35. The van der Waals surface area contributed by atoms with Crippen molar-refractivity contribution in [1.29, 1.82) is 0 Å². The van der Waals surface area contributed by atoms with Gasteiger partial charge in [0.1, 0.15) is 5.75 Å². The normalized spacial score (nSPS) is 11.5. The molecule has 4 rings (SSSR count). The van der Waals surface area contributed by atoms with E-state index in [0.717, 1.165) is 43.1 Å². The molecule has 0 bridgehead atoms. The monoisotopic (exact) mass is 379 g/mol. The van der Waals surface area contributed by atoms with Crippen molar-refractivity contribution in [1.82, 2.24) is 24.5 Å². The average Bonchev–Trinajstić information content (AvgIpc) is 3.29. The summed E-state index contributed by atoms with van der Waals surface area (Å²) in [4.78, 5) is 4.51. The number of benzene rings is 1. The van der Waals surface area contributed by atoms with Crippen LogP contribution in [-0.4, -0.2) is 45.4 Å². The standard InChI is InChI=1S/C21H25N5O2/c1-15-21-19(8-9-22-15)18-7-6-17(28-3)13-20(18)26(21)10-4-5-16-14-25(24-23-16)11-12-27-2/h6-9,13-14H,4-5,10-12H2,1-3H3. The lowest BCUT2D eigenvalue weighted by molar-refractivity contribution is 0.183. The summed E-state index contributed by atoms with van der Waals surface area (Å²) in [6.07, 6.45) is 5.72. The van der Waals surface area contributed by atoms with Gasteiger partial charge >= 0.3 is 0 Å². The van der Waals surface area contributed by atoms with E-state index in [1.807, 2.05) is 23.1 Å². The zero-order valence-electron chi connectivity index (χ0n) is 16.6. The summed E-state index contributed by atoms with van der Waals surface area (Å²) in [5.74, 6) is 0.864. The second-order valence-corrected chi connectivity index (χ2v) is 6.90. The van der Waals surface area contributed by atoms with Crippen LogP contribution in [0.4, 0.5) is 0 Å². The first-order valence-electron chi connectivity index (χ1n) is 9.50. The Hall–Kier alpha value is -2.93. The molecule has 7 heteroatoms. The van der Waals surface area contributed by atoms with Gasteiger partial charge in [0.2, 0.25) is 0 Å². The van der Waals surface area contributed by atoms with E-state index in [4.69, 9.17) is 9.47 Å². The Balaban J connectivity index is 1.60. The Bertz CT molecular complexity index is 1100. The van der Waals surface area contributed by atoms with Gasteiger partial charge in [-0.25, -0.2) is 4.68 Å². The van der Waals surface area contributed by atoms with Crippen LogP contribution in [-0.2, 0) is 24.2 Å². The van der Waals surface area contributed by atoms with Crippen LogP contribution in [0.3, 0.4) is 0 Å². The van der Waals surface area contributed by atoms with E-state index >= 15 is 0 Å². The molecule has 0 aliphatic heterocycles. The van der Waals surface area contributed by atoms with Gasteiger partial charge in [0, 0.05) is 42.9 Å². The Morgan fingerprint density at radius 2 is 1.96 bits per heavy atom. The number of ether oxygens (including phenoxy) is 2. The third-order valence-corrected chi connectivity index (χ3v) is 5.09. The van der Waals surface area contributed by atoms with Gasteiger partial charge in [0.15, 0.2) is 0 Å². The van der Waals surface area contributed by atoms with Crippen molar-refractivity contribution in [2.45, 2.75) is 32.9 Å². The molecule has 1 aromatic carbocycles. The third kappa shape index (κ3) is 3.45. The van der Waals surface area contributed by atoms with Crippen molar-refractivity contribution in [2.24, 2.45) is 0 Å². The fourth-order valence-electron chi connectivity index (χ4n) is 3.72. The van der Waals surface area contributed by atoms with E-state index in [1.165, 1.54) is 21.8 Å². The number of hydrogen-bond donors (Lipinski definition) is 0. The van der Waals surface area contributed by atoms with Gasteiger partial charge in [-0.3, -0.25) is 4.98 Å². The zero-order chi connectivity index (χ0) is 19.5. The summed E-state index contributed by atoms with van der Waals surface area (Å²) < 4.78 is 14.7. The molecule has 0 atom stereocenters. The SMILES string of the molecule is COCCn1cc(CCCn2c3cc(OC)ccc3c3ccnc(C)c32)nn1. The molecule has 28 heavy (non-hydrogen) atoms. The zero-order valence-corrected chi connectivity index (χ0v) is 16.6. The van der Waals surface area contributed by atoms with E-state index in [0.29, 0.717) is 6.61 Å². The van der Waals surface area contributed by atoms with Crippen LogP contribution in [0, 0.1) is 6.92 Å². The summed E-state index contributed by atoms with van der Waals surface area (Å²) in [7, 11) is 3.39. The molecule has 0 spiro atoms. The Kier molecular flexibility index (Phi) is 5.25. The number of fused-ring (bicyclic) bond motifs is 3. The van der Waals surface area contributed by atoms with Gasteiger partial charge in [0.05, 0.1) is 42.7 Å². The topological polar surface area (TPSA) is 67.0 Å². The Morgan fingerprint density at radius 3 is 2.79 bits per heavy atom. The minimum absolute atomic E-state index is 0.637. The van der Waals surface area contributed by atoms with Gasteiger partial charge in [-0.15, -0.1) is 5.10 Å². The minimum atomic E-state index is 0.637. The van der Waals surface area contributed by atoms with Crippen LogP contribution in [0.2, 0.25) is 0 Å². The van der Waals surface area contributed by atoms with Crippen molar-refractivity contribution in [3.63, 3.8) is 0 Å². The van der Waals surface area contributed by atoms with Crippen LogP contribution < -0.4 is 4.74 Å². The largest absolute Gasteiger partial charge is 0.497 e. The summed E-state index contributed by atoms with van der Waals surface area (Å²) in [5, 5.41) is 10.9. The van der Waals surface area contributed by atoms with Crippen LogP contribution in [0.25, 0.3) is 21.8 Å².